The summed E-state index contributed by atoms with van der Waals surface area (Å²) in [7, 11) is 0. The number of hydrogen-bond acceptors (Lipinski definition) is 2. The van der Waals surface area contributed by atoms with Gasteiger partial charge in [-0.1, -0.05) is 288 Å². The first-order valence-electron chi connectivity index (χ1n) is 37.5. The summed E-state index contributed by atoms with van der Waals surface area (Å²) in [6.07, 6.45) is 0. The third-order valence-electron chi connectivity index (χ3n) is 19.7. The zero-order valence-electron chi connectivity index (χ0n) is 66.2. The van der Waals surface area contributed by atoms with Gasteiger partial charge in [0.05, 0.1) is 22.0 Å². The van der Waals surface area contributed by atoms with Crippen LogP contribution in [0.2, 0.25) is 0 Å². The van der Waals surface area contributed by atoms with Crippen LogP contribution >= 0.6 is 0 Å². The summed E-state index contributed by atoms with van der Waals surface area (Å²) in [5, 5.41) is 0.0572. The van der Waals surface area contributed by atoms with Crippen molar-refractivity contribution < 1.29 is 11.0 Å². The van der Waals surface area contributed by atoms with Crippen molar-refractivity contribution in [1.29, 1.82) is 0 Å². The summed E-state index contributed by atoms with van der Waals surface area (Å²) in [6.45, 7) is 40.6. The highest BCUT2D eigenvalue weighted by Gasteiger charge is 2.44. The molecule has 1 aromatic heterocycles. The predicted octanol–water partition coefficient (Wildman–Crippen LogP) is 23.3. The number of rotatable bonds is 7. The number of anilines is 6. The van der Waals surface area contributed by atoms with Gasteiger partial charge < -0.3 is 14.4 Å². The van der Waals surface area contributed by atoms with Crippen LogP contribution in [-0.2, 0) is 32.5 Å². The number of nitrogens with zero attached hydrogens (tertiary/aromatic N) is 3. The van der Waals surface area contributed by atoms with E-state index in [0.717, 1.165) is 89.5 Å². The van der Waals surface area contributed by atoms with Gasteiger partial charge in [0, 0.05) is 50.6 Å². The van der Waals surface area contributed by atoms with E-state index in [1.54, 1.807) is 4.57 Å². The molecule has 0 saturated carbocycles. The molecule has 3 heterocycles. The topological polar surface area (TPSA) is 11.4 Å². The number of benzene rings is 11. The largest absolute Gasteiger partial charge is 0.311 e. The fourth-order valence-electron chi connectivity index (χ4n) is 13.9. The van der Waals surface area contributed by atoms with Crippen molar-refractivity contribution in [3.63, 3.8) is 0 Å². The molecule has 0 bridgehead atoms. The van der Waals surface area contributed by atoms with Gasteiger partial charge in [-0.2, -0.15) is 0 Å². The lowest BCUT2D eigenvalue weighted by atomic mass is 9.33. The standard InChI is InChI=1S/C90H92BN3/c1-85(2,3)65-44-61(45-66(53-65)86(4,5)6)58-32-37-71(38-33-58)92-80-43-36-60(63-48-69(89(13,14)15)55-70(49-63)90(16,17)18)50-77(80)91-76-42-41-73(94-78-30-24-22-28-74(78)75-29-23-25-31-79(75)94)56-81(76)93(83-52-64(51-82(92)84(83)91)57-26-20-19-21-27-57)72-39-34-59(35-40-72)62-46-67(87(7,8)9)54-68(47-62)88(10,11)12/h19-56H,1-18H3/i22D,23D,24D,25D,28D,29D,30D,31D. The van der Waals surface area contributed by atoms with Crippen LogP contribution in [0, 0.1) is 0 Å². The Hall–Kier alpha value is -9.12. The number of aromatic nitrogens is 1. The summed E-state index contributed by atoms with van der Waals surface area (Å²) in [5.41, 5.74) is 25.0. The first-order chi connectivity index (χ1) is 47.7. The van der Waals surface area contributed by atoms with E-state index in [2.05, 4.69) is 310 Å². The van der Waals surface area contributed by atoms with Gasteiger partial charge in [-0.15, -0.1) is 0 Å². The highest BCUT2D eigenvalue weighted by Crippen LogP contribution is 2.49. The lowest BCUT2D eigenvalue weighted by Crippen LogP contribution is -2.61. The fourth-order valence-corrected chi connectivity index (χ4v) is 13.9. The van der Waals surface area contributed by atoms with Crippen LogP contribution in [0.25, 0.3) is 72.0 Å². The minimum atomic E-state index is -0.485. The second-order valence-electron chi connectivity index (χ2n) is 32.7. The second kappa shape index (κ2) is 22.3. The van der Waals surface area contributed by atoms with Crippen molar-refractivity contribution in [2.24, 2.45) is 0 Å². The SMILES string of the molecule is [2H]c1c([2H])c([2H])c2c(c1[2H])c1c([2H])c([2H])c([2H])c([2H])c1n2-c1ccc2c(c1)N(c1ccc(-c3cc(C(C)(C)C)cc(C(C)(C)C)c3)cc1)c1cc(-c3ccccc3)cc3c1B2c1cc(-c2cc(C(C)(C)C)cc(C(C)(C)C)c2)ccc1N3c1ccc(-c2cc(C(C)(C)C)cc(C(C)(C)C)c2)cc1. The maximum atomic E-state index is 9.67. The fraction of sp³-hybridized carbons (Fsp3) is 0.267. The minimum Gasteiger partial charge on any atom is -0.311 e. The van der Waals surface area contributed by atoms with Crippen molar-refractivity contribution >= 4 is 79.0 Å². The molecule has 0 aliphatic carbocycles. The quantitative estimate of drug-likeness (QED) is 0.147. The molecule has 2 aliphatic heterocycles. The first-order valence-corrected chi connectivity index (χ1v) is 33.5. The number of fused-ring (bicyclic) bond motifs is 7. The second-order valence-corrected chi connectivity index (χ2v) is 32.7. The molecule has 0 radical (unpaired) electrons. The van der Waals surface area contributed by atoms with Crippen LogP contribution in [0.3, 0.4) is 0 Å². The van der Waals surface area contributed by atoms with Crippen molar-refractivity contribution in [2.75, 3.05) is 9.80 Å². The van der Waals surface area contributed by atoms with E-state index in [4.69, 9.17) is 5.48 Å². The first kappa shape index (κ1) is 53.3. The normalized spacial score (nSPS) is 14.8. The van der Waals surface area contributed by atoms with Crippen molar-refractivity contribution in [3.05, 3.63) is 264 Å². The smallest absolute Gasteiger partial charge is 0.252 e. The molecule has 4 heteroatoms. The minimum absolute atomic E-state index is 0.0286. The molecule has 0 saturated heterocycles. The van der Waals surface area contributed by atoms with Crippen molar-refractivity contribution in [1.82, 2.24) is 4.57 Å². The summed E-state index contributed by atoms with van der Waals surface area (Å²) in [5.74, 6) is 0. The van der Waals surface area contributed by atoms with Crippen molar-refractivity contribution in [2.45, 2.75) is 157 Å². The van der Waals surface area contributed by atoms with Gasteiger partial charge in [0.25, 0.3) is 6.71 Å². The Balaban J connectivity index is 1.10. The van der Waals surface area contributed by atoms with Crippen LogP contribution < -0.4 is 26.2 Å². The molecule has 0 fully saturated rings. The van der Waals surface area contributed by atoms with Gasteiger partial charge in [-0.25, -0.2) is 0 Å². The Morgan fingerprint density at radius 2 is 0.628 bits per heavy atom. The van der Waals surface area contributed by atoms with Crippen LogP contribution in [0.1, 0.15) is 169 Å². The zero-order valence-corrected chi connectivity index (χ0v) is 58.2. The average Bonchev–Trinajstić information content (AvgIpc) is 1.05. The van der Waals surface area contributed by atoms with Gasteiger partial charge in [0.2, 0.25) is 0 Å². The summed E-state index contributed by atoms with van der Waals surface area (Å²) in [4.78, 5) is 4.82. The third kappa shape index (κ3) is 11.2. The van der Waals surface area contributed by atoms with Gasteiger partial charge in [0.1, 0.15) is 0 Å². The van der Waals surface area contributed by atoms with Gasteiger partial charge in [-0.3, -0.25) is 0 Å². The molecule has 94 heavy (non-hydrogen) atoms. The van der Waals surface area contributed by atoms with E-state index in [-0.39, 0.29) is 78.5 Å². The molecular weight excluding hydrogens is 1130 g/mol. The molecule has 0 unspecified atom stereocenters. The van der Waals surface area contributed by atoms with Crippen LogP contribution in [0.4, 0.5) is 34.1 Å². The van der Waals surface area contributed by atoms with Crippen LogP contribution in [-0.4, -0.2) is 11.3 Å². The zero-order chi connectivity index (χ0) is 73.3. The monoisotopic (exact) mass is 1230 g/mol. The molecule has 11 aromatic carbocycles. The predicted molar refractivity (Wildman–Crippen MR) is 409 cm³/mol. The Morgan fingerprint density at radius 3 is 1.04 bits per heavy atom. The molecule has 0 atom stereocenters. The lowest BCUT2D eigenvalue weighted by Gasteiger charge is -2.44. The number of para-hydroxylation sites is 2. The molecule has 470 valence electrons. The molecule has 0 N–H and O–H groups in total. The van der Waals surface area contributed by atoms with E-state index >= 15 is 0 Å². The van der Waals surface area contributed by atoms with E-state index in [0.29, 0.717) is 5.69 Å². The van der Waals surface area contributed by atoms with Gasteiger partial charge in [0.15, 0.2) is 0 Å². The molecular formula is C90H92BN3. The molecule has 0 amide bonds. The van der Waals surface area contributed by atoms with E-state index < -0.39 is 30.9 Å². The Morgan fingerprint density at radius 1 is 0.277 bits per heavy atom. The van der Waals surface area contributed by atoms with Gasteiger partial charge in [-0.05, 0) is 193 Å². The van der Waals surface area contributed by atoms with E-state index in [1.807, 2.05) is 6.07 Å². The Labute approximate surface area is 572 Å². The molecule has 14 rings (SSSR count). The van der Waals surface area contributed by atoms with E-state index in [9.17, 15) is 5.48 Å². The highest BCUT2D eigenvalue weighted by molar-refractivity contribution is 7.00. The summed E-state index contributed by atoms with van der Waals surface area (Å²) < 4.78 is 76.0. The van der Waals surface area contributed by atoms with Crippen LogP contribution in [0.5, 0.6) is 0 Å². The maximum absolute atomic E-state index is 9.67. The highest BCUT2D eigenvalue weighted by atomic mass is 15.2. The summed E-state index contributed by atoms with van der Waals surface area (Å²) in [6, 6.07) is 64.3. The average molecular weight is 1230 g/mol. The Bertz CT molecular complexity index is 5260. The summed E-state index contributed by atoms with van der Waals surface area (Å²) >= 11 is 0. The van der Waals surface area contributed by atoms with Crippen LogP contribution in [0.15, 0.2) is 230 Å². The Kier molecular flexibility index (Phi) is 12.6. The molecule has 2 aliphatic rings. The van der Waals surface area contributed by atoms with E-state index in [1.165, 1.54) is 38.9 Å². The lowest BCUT2D eigenvalue weighted by molar-refractivity contribution is 0.568. The molecule has 12 aromatic rings. The molecule has 0 spiro atoms. The third-order valence-corrected chi connectivity index (χ3v) is 19.7. The van der Waals surface area contributed by atoms with Gasteiger partial charge >= 0.3 is 0 Å². The number of hydrogen-bond donors (Lipinski definition) is 0. The maximum Gasteiger partial charge on any atom is 0.252 e. The molecule has 3 nitrogen and oxygen atoms in total. The van der Waals surface area contributed by atoms with Crippen molar-refractivity contribution in [3.8, 4) is 50.2 Å².